The first kappa shape index (κ1) is 15.6. The fraction of sp³-hybridized carbons (Fsp3) is 0.562. The van der Waals surface area contributed by atoms with Gasteiger partial charge in [0.15, 0.2) is 11.5 Å². The molecule has 6 heteroatoms. The summed E-state index contributed by atoms with van der Waals surface area (Å²) >= 11 is 3.47. The summed E-state index contributed by atoms with van der Waals surface area (Å²) < 4.78 is 11.9. The molecular formula is C16H21BrN2O3. The van der Waals surface area contributed by atoms with Crippen molar-refractivity contribution in [1.82, 2.24) is 4.90 Å². The average Bonchev–Trinajstić information content (AvgIpc) is 3.02. The van der Waals surface area contributed by atoms with Gasteiger partial charge in [-0.1, -0.05) is 12.8 Å². The van der Waals surface area contributed by atoms with E-state index in [9.17, 15) is 4.79 Å². The third-order valence-electron chi connectivity index (χ3n) is 4.25. The Labute approximate surface area is 139 Å². The lowest BCUT2D eigenvalue weighted by Gasteiger charge is -2.24. The van der Waals surface area contributed by atoms with Crippen LogP contribution in [-0.2, 0) is 4.79 Å². The second kappa shape index (κ2) is 6.87. The number of benzene rings is 1. The van der Waals surface area contributed by atoms with E-state index in [1.807, 2.05) is 19.2 Å². The molecule has 1 aliphatic heterocycles. The lowest BCUT2D eigenvalue weighted by Crippen LogP contribution is -2.36. The molecule has 2 aliphatic rings. The number of likely N-dealkylation sites (N-methyl/N-ethyl adjacent to an activating group) is 1. The van der Waals surface area contributed by atoms with Crippen LogP contribution >= 0.6 is 15.9 Å². The van der Waals surface area contributed by atoms with Gasteiger partial charge in [-0.15, -0.1) is 0 Å². The van der Waals surface area contributed by atoms with Gasteiger partial charge in [0.2, 0.25) is 5.91 Å². The Kier molecular flexibility index (Phi) is 4.88. The van der Waals surface area contributed by atoms with E-state index in [0.717, 1.165) is 4.47 Å². The molecule has 1 saturated carbocycles. The number of hydrogen-bond donors (Lipinski definition) is 1. The first-order chi connectivity index (χ1) is 10.6. The minimum absolute atomic E-state index is 0.00761. The Morgan fingerprint density at radius 3 is 2.59 bits per heavy atom. The minimum Gasteiger partial charge on any atom is -0.486 e. The van der Waals surface area contributed by atoms with E-state index in [0.29, 0.717) is 43.0 Å². The van der Waals surface area contributed by atoms with E-state index in [4.69, 9.17) is 9.47 Å². The summed E-state index contributed by atoms with van der Waals surface area (Å²) in [6.45, 7) is 1.50. The van der Waals surface area contributed by atoms with Crippen LogP contribution < -0.4 is 14.8 Å². The topological polar surface area (TPSA) is 50.8 Å². The third kappa shape index (κ3) is 3.55. The number of halogens is 1. The lowest BCUT2D eigenvalue weighted by atomic mass is 10.2. The summed E-state index contributed by atoms with van der Waals surface area (Å²) in [5.74, 6) is 1.37. The van der Waals surface area contributed by atoms with Gasteiger partial charge in [-0.3, -0.25) is 9.69 Å². The molecule has 1 aliphatic carbocycles. The van der Waals surface area contributed by atoms with Crippen LogP contribution in [0, 0.1) is 0 Å². The largest absolute Gasteiger partial charge is 0.486 e. The first-order valence-electron chi connectivity index (χ1n) is 7.73. The van der Waals surface area contributed by atoms with Crippen molar-refractivity contribution < 1.29 is 14.3 Å². The molecular weight excluding hydrogens is 348 g/mol. The Bertz CT molecular complexity index is 559. The molecule has 1 heterocycles. The molecule has 0 saturated heterocycles. The van der Waals surface area contributed by atoms with E-state index in [-0.39, 0.29) is 5.91 Å². The molecule has 0 bridgehead atoms. The van der Waals surface area contributed by atoms with Crippen LogP contribution in [0.3, 0.4) is 0 Å². The van der Waals surface area contributed by atoms with Gasteiger partial charge in [0.05, 0.1) is 12.2 Å². The summed E-state index contributed by atoms with van der Waals surface area (Å²) in [6.07, 6.45) is 4.92. The number of fused-ring (bicyclic) bond motifs is 1. The molecule has 1 amide bonds. The SMILES string of the molecule is CN(CC(=O)Nc1cc2c(cc1Br)OCCO2)C1CCCC1. The van der Waals surface area contributed by atoms with E-state index in [1.165, 1.54) is 25.7 Å². The number of anilines is 1. The predicted molar refractivity (Wildman–Crippen MR) is 88.6 cm³/mol. The number of carbonyl (C=O) groups is 1. The van der Waals surface area contributed by atoms with Crippen molar-refractivity contribution in [2.24, 2.45) is 0 Å². The van der Waals surface area contributed by atoms with Crippen molar-refractivity contribution in [2.45, 2.75) is 31.7 Å². The van der Waals surface area contributed by atoms with Crippen LogP contribution in [0.2, 0.25) is 0 Å². The number of nitrogens with one attached hydrogen (secondary N) is 1. The van der Waals surface area contributed by atoms with Crippen LogP contribution in [-0.4, -0.2) is 43.7 Å². The highest BCUT2D eigenvalue weighted by atomic mass is 79.9. The summed E-state index contributed by atoms with van der Waals surface area (Å²) in [7, 11) is 2.02. The molecule has 22 heavy (non-hydrogen) atoms. The first-order valence-corrected chi connectivity index (χ1v) is 8.52. The van der Waals surface area contributed by atoms with Gasteiger partial charge in [0.25, 0.3) is 0 Å². The van der Waals surface area contributed by atoms with Crippen molar-refractivity contribution in [3.05, 3.63) is 16.6 Å². The zero-order valence-electron chi connectivity index (χ0n) is 12.7. The molecule has 0 radical (unpaired) electrons. The molecule has 0 spiro atoms. The quantitative estimate of drug-likeness (QED) is 0.887. The zero-order valence-corrected chi connectivity index (χ0v) is 14.3. The van der Waals surface area contributed by atoms with Crippen LogP contribution in [0.25, 0.3) is 0 Å². The molecule has 1 aromatic rings. The van der Waals surface area contributed by atoms with Gasteiger partial charge < -0.3 is 14.8 Å². The highest BCUT2D eigenvalue weighted by Crippen LogP contribution is 2.38. The molecule has 0 atom stereocenters. The summed E-state index contributed by atoms with van der Waals surface area (Å²) in [4.78, 5) is 14.4. The number of carbonyl (C=O) groups excluding carboxylic acids is 1. The smallest absolute Gasteiger partial charge is 0.238 e. The molecule has 0 aromatic heterocycles. The highest BCUT2D eigenvalue weighted by Gasteiger charge is 2.22. The molecule has 120 valence electrons. The summed E-state index contributed by atoms with van der Waals surface area (Å²) in [5, 5.41) is 2.95. The lowest BCUT2D eigenvalue weighted by molar-refractivity contribution is -0.117. The second-order valence-corrected chi connectivity index (χ2v) is 6.73. The molecule has 1 fully saturated rings. The fourth-order valence-electron chi connectivity index (χ4n) is 3.05. The van der Waals surface area contributed by atoms with Gasteiger partial charge in [-0.25, -0.2) is 0 Å². The maximum absolute atomic E-state index is 12.3. The van der Waals surface area contributed by atoms with E-state index in [2.05, 4.69) is 26.1 Å². The van der Waals surface area contributed by atoms with Crippen molar-refractivity contribution >= 4 is 27.5 Å². The van der Waals surface area contributed by atoms with Gasteiger partial charge in [0, 0.05) is 22.6 Å². The summed E-state index contributed by atoms with van der Waals surface area (Å²) in [6, 6.07) is 4.19. The Morgan fingerprint density at radius 2 is 1.91 bits per heavy atom. The van der Waals surface area contributed by atoms with E-state index < -0.39 is 0 Å². The predicted octanol–water partition coefficient (Wildman–Crippen LogP) is 3.03. The third-order valence-corrected chi connectivity index (χ3v) is 4.90. The summed E-state index contributed by atoms with van der Waals surface area (Å²) in [5.41, 5.74) is 0.717. The fourth-order valence-corrected chi connectivity index (χ4v) is 3.47. The van der Waals surface area contributed by atoms with Crippen molar-refractivity contribution in [1.29, 1.82) is 0 Å². The zero-order chi connectivity index (χ0) is 15.5. The van der Waals surface area contributed by atoms with Crippen LogP contribution in [0.1, 0.15) is 25.7 Å². The molecule has 5 nitrogen and oxygen atoms in total. The number of ether oxygens (including phenoxy) is 2. The van der Waals surface area contributed by atoms with Crippen LogP contribution in [0.5, 0.6) is 11.5 Å². The number of rotatable bonds is 4. The molecule has 3 rings (SSSR count). The van der Waals surface area contributed by atoms with Crippen LogP contribution in [0.15, 0.2) is 16.6 Å². The Balaban J connectivity index is 1.63. The number of amides is 1. The minimum atomic E-state index is -0.00761. The monoisotopic (exact) mass is 368 g/mol. The van der Waals surface area contributed by atoms with Crippen molar-refractivity contribution in [2.75, 3.05) is 32.1 Å². The Morgan fingerprint density at radius 1 is 1.27 bits per heavy atom. The normalized spacial score (nSPS) is 17.8. The number of nitrogens with zero attached hydrogens (tertiary/aromatic N) is 1. The van der Waals surface area contributed by atoms with Gasteiger partial charge >= 0.3 is 0 Å². The molecule has 1 aromatic carbocycles. The van der Waals surface area contributed by atoms with Crippen molar-refractivity contribution in [3.8, 4) is 11.5 Å². The Hall–Kier alpha value is -1.27. The van der Waals surface area contributed by atoms with Crippen molar-refractivity contribution in [3.63, 3.8) is 0 Å². The van der Waals surface area contributed by atoms with E-state index >= 15 is 0 Å². The standard InChI is InChI=1S/C16H21BrN2O3/c1-19(11-4-2-3-5-11)10-16(20)18-13-9-15-14(8-12(13)17)21-6-7-22-15/h8-9,11H,2-7,10H2,1H3,(H,18,20). The van der Waals surface area contributed by atoms with Crippen LogP contribution in [0.4, 0.5) is 5.69 Å². The highest BCUT2D eigenvalue weighted by molar-refractivity contribution is 9.10. The van der Waals surface area contributed by atoms with E-state index in [1.54, 1.807) is 0 Å². The van der Waals surface area contributed by atoms with Gasteiger partial charge in [0.1, 0.15) is 13.2 Å². The maximum Gasteiger partial charge on any atom is 0.238 e. The molecule has 1 N–H and O–H groups in total. The van der Waals surface area contributed by atoms with Gasteiger partial charge in [-0.05, 0) is 35.8 Å². The number of hydrogen-bond acceptors (Lipinski definition) is 4. The second-order valence-electron chi connectivity index (χ2n) is 5.88. The van der Waals surface area contributed by atoms with Gasteiger partial charge in [-0.2, -0.15) is 0 Å². The maximum atomic E-state index is 12.3. The average molecular weight is 369 g/mol. The molecule has 0 unspecified atom stereocenters.